The van der Waals surface area contributed by atoms with Crippen LogP contribution in [0.15, 0.2) is 35.1 Å². The first-order chi connectivity index (χ1) is 9.45. The standard InChI is InChI=1S/C14H14ClN3O2/c1-9-7-14(20)18(17-10(9)2)8-13(19)16-12-5-3-11(15)4-6-12/h3-7H,8H2,1-2H3,(H,16,19). The number of rotatable bonds is 3. The van der Waals surface area contributed by atoms with Gasteiger partial charge in [-0.25, -0.2) is 4.68 Å². The van der Waals surface area contributed by atoms with Crippen LogP contribution in [-0.4, -0.2) is 15.7 Å². The maximum atomic E-state index is 11.9. The number of halogens is 1. The van der Waals surface area contributed by atoms with Crippen molar-refractivity contribution in [3.8, 4) is 0 Å². The van der Waals surface area contributed by atoms with Crippen molar-refractivity contribution in [1.29, 1.82) is 0 Å². The van der Waals surface area contributed by atoms with Crippen LogP contribution in [0.4, 0.5) is 5.69 Å². The molecule has 1 aromatic carbocycles. The number of nitrogens with one attached hydrogen (secondary N) is 1. The maximum Gasteiger partial charge on any atom is 0.267 e. The molecule has 0 fully saturated rings. The number of aromatic nitrogens is 2. The largest absolute Gasteiger partial charge is 0.324 e. The number of anilines is 1. The summed E-state index contributed by atoms with van der Waals surface area (Å²) < 4.78 is 1.15. The Morgan fingerprint density at radius 2 is 1.95 bits per heavy atom. The minimum atomic E-state index is -0.315. The molecule has 0 saturated carbocycles. The van der Waals surface area contributed by atoms with Gasteiger partial charge in [0.2, 0.25) is 5.91 Å². The second-order valence-corrected chi connectivity index (χ2v) is 4.90. The second-order valence-electron chi connectivity index (χ2n) is 4.46. The average Bonchev–Trinajstić information content (AvgIpc) is 2.39. The van der Waals surface area contributed by atoms with Crippen molar-refractivity contribution in [3.63, 3.8) is 0 Å². The van der Waals surface area contributed by atoms with Crippen molar-refractivity contribution in [2.75, 3.05) is 5.32 Å². The lowest BCUT2D eigenvalue weighted by Gasteiger charge is -2.08. The first kappa shape index (κ1) is 14.3. The van der Waals surface area contributed by atoms with Crippen molar-refractivity contribution in [2.24, 2.45) is 0 Å². The van der Waals surface area contributed by atoms with Gasteiger partial charge in [0, 0.05) is 16.8 Å². The van der Waals surface area contributed by atoms with Gasteiger partial charge in [-0.05, 0) is 43.7 Å². The molecule has 1 heterocycles. The Labute approximate surface area is 121 Å². The molecule has 6 heteroatoms. The molecule has 104 valence electrons. The van der Waals surface area contributed by atoms with Gasteiger partial charge in [-0.15, -0.1) is 0 Å². The van der Waals surface area contributed by atoms with E-state index in [-0.39, 0.29) is 18.0 Å². The zero-order chi connectivity index (χ0) is 14.7. The van der Waals surface area contributed by atoms with Gasteiger partial charge in [-0.1, -0.05) is 11.6 Å². The van der Waals surface area contributed by atoms with Gasteiger partial charge in [0.1, 0.15) is 6.54 Å². The van der Waals surface area contributed by atoms with Crippen LogP contribution in [0.2, 0.25) is 5.02 Å². The molecule has 0 radical (unpaired) electrons. The monoisotopic (exact) mass is 291 g/mol. The Hall–Kier alpha value is -2.14. The first-order valence-corrected chi connectivity index (χ1v) is 6.44. The molecular weight excluding hydrogens is 278 g/mol. The van der Waals surface area contributed by atoms with Crippen molar-refractivity contribution >= 4 is 23.2 Å². The van der Waals surface area contributed by atoms with Gasteiger partial charge in [-0.3, -0.25) is 9.59 Å². The summed E-state index contributed by atoms with van der Waals surface area (Å²) in [7, 11) is 0. The highest BCUT2D eigenvalue weighted by Gasteiger charge is 2.07. The lowest BCUT2D eigenvalue weighted by atomic mass is 10.2. The SMILES string of the molecule is Cc1cc(=O)n(CC(=O)Nc2ccc(Cl)cc2)nc1C. The van der Waals surface area contributed by atoms with Crippen LogP contribution in [0.3, 0.4) is 0 Å². The fourth-order valence-corrected chi connectivity index (χ4v) is 1.78. The number of amides is 1. The van der Waals surface area contributed by atoms with E-state index >= 15 is 0 Å². The highest BCUT2D eigenvalue weighted by Crippen LogP contribution is 2.13. The van der Waals surface area contributed by atoms with E-state index in [2.05, 4.69) is 10.4 Å². The molecule has 1 N–H and O–H groups in total. The Morgan fingerprint density at radius 3 is 2.60 bits per heavy atom. The van der Waals surface area contributed by atoms with E-state index in [0.717, 1.165) is 15.9 Å². The van der Waals surface area contributed by atoms with Crippen LogP contribution >= 0.6 is 11.6 Å². The topological polar surface area (TPSA) is 64.0 Å². The number of nitrogens with zero attached hydrogens (tertiary/aromatic N) is 2. The minimum absolute atomic E-state index is 0.122. The molecular formula is C14H14ClN3O2. The fourth-order valence-electron chi connectivity index (χ4n) is 1.66. The number of benzene rings is 1. The average molecular weight is 292 g/mol. The van der Waals surface area contributed by atoms with Gasteiger partial charge < -0.3 is 5.32 Å². The molecule has 0 unspecified atom stereocenters. The zero-order valence-corrected chi connectivity index (χ0v) is 11.9. The summed E-state index contributed by atoms with van der Waals surface area (Å²) >= 11 is 5.76. The van der Waals surface area contributed by atoms with Crippen LogP contribution < -0.4 is 10.9 Å². The van der Waals surface area contributed by atoms with Gasteiger partial charge in [0.05, 0.1) is 5.69 Å². The molecule has 2 aromatic rings. The minimum Gasteiger partial charge on any atom is -0.324 e. The van der Waals surface area contributed by atoms with E-state index in [1.807, 2.05) is 6.92 Å². The first-order valence-electron chi connectivity index (χ1n) is 6.06. The maximum absolute atomic E-state index is 11.9. The van der Waals surface area contributed by atoms with Crippen LogP contribution in [0.5, 0.6) is 0 Å². The normalized spacial score (nSPS) is 10.3. The number of carbonyl (C=O) groups excluding carboxylic acids is 1. The summed E-state index contributed by atoms with van der Waals surface area (Å²) in [5, 5.41) is 7.36. The highest BCUT2D eigenvalue weighted by atomic mass is 35.5. The van der Waals surface area contributed by atoms with Gasteiger partial charge in [0.15, 0.2) is 0 Å². The van der Waals surface area contributed by atoms with E-state index in [4.69, 9.17) is 11.6 Å². The molecule has 0 aliphatic heterocycles. The Morgan fingerprint density at radius 1 is 1.30 bits per heavy atom. The van der Waals surface area contributed by atoms with Crippen LogP contribution in [0.1, 0.15) is 11.3 Å². The van der Waals surface area contributed by atoms with Crippen LogP contribution in [0, 0.1) is 13.8 Å². The van der Waals surface area contributed by atoms with Crippen LogP contribution in [-0.2, 0) is 11.3 Å². The van der Waals surface area contributed by atoms with E-state index in [9.17, 15) is 9.59 Å². The van der Waals surface area contributed by atoms with Gasteiger partial charge in [-0.2, -0.15) is 5.10 Å². The third kappa shape index (κ3) is 3.45. The molecule has 0 saturated heterocycles. The molecule has 0 atom stereocenters. The predicted molar refractivity (Wildman–Crippen MR) is 78.1 cm³/mol. The fraction of sp³-hybridized carbons (Fsp3) is 0.214. The van der Waals surface area contributed by atoms with Gasteiger partial charge >= 0.3 is 0 Å². The predicted octanol–water partition coefficient (Wildman–Crippen LogP) is 2.15. The van der Waals surface area contributed by atoms with Gasteiger partial charge in [0.25, 0.3) is 5.56 Å². The zero-order valence-electron chi connectivity index (χ0n) is 11.2. The summed E-state index contributed by atoms with van der Waals surface area (Å²) in [4.78, 5) is 23.6. The van der Waals surface area contributed by atoms with E-state index in [1.165, 1.54) is 6.07 Å². The van der Waals surface area contributed by atoms with E-state index in [1.54, 1.807) is 31.2 Å². The lowest BCUT2D eigenvalue weighted by Crippen LogP contribution is -2.30. The quantitative estimate of drug-likeness (QED) is 0.942. The third-order valence-electron chi connectivity index (χ3n) is 2.86. The lowest BCUT2D eigenvalue weighted by molar-refractivity contribution is -0.117. The molecule has 2 rings (SSSR count). The smallest absolute Gasteiger partial charge is 0.267 e. The van der Waals surface area contributed by atoms with Crippen molar-refractivity contribution in [1.82, 2.24) is 9.78 Å². The van der Waals surface area contributed by atoms with E-state index in [0.29, 0.717) is 10.7 Å². The summed E-state index contributed by atoms with van der Waals surface area (Å²) in [5.74, 6) is -0.315. The third-order valence-corrected chi connectivity index (χ3v) is 3.11. The van der Waals surface area contributed by atoms with E-state index < -0.39 is 0 Å². The molecule has 0 bridgehead atoms. The molecule has 0 aliphatic carbocycles. The summed E-state index contributed by atoms with van der Waals surface area (Å²) in [5.41, 5.74) is 1.86. The van der Waals surface area contributed by atoms with Crippen molar-refractivity contribution < 1.29 is 4.79 Å². The molecule has 1 amide bonds. The number of aryl methyl sites for hydroxylation is 2. The summed E-state index contributed by atoms with van der Waals surface area (Å²) in [6, 6.07) is 8.21. The molecule has 20 heavy (non-hydrogen) atoms. The Kier molecular flexibility index (Phi) is 4.20. The Bertz CT molecular complexity index is 693. The number of hydrogen-bond donors (Lipinski definition) is 1. The molecule has 0 spiro atoms. The summed E-state index contributed by atoms with van der Waals surface area (Å²) in [6.07, 6.45) is 0. The molecule has 0 aliphatic rings. The second kappa shape index (κ2) is 5.88. The number of carbonyl (C=O) groups is 1. The van der Waals surface area contributed by atoms with Crippen LogP contribution in [0.25, 0.3) is 0 Å². The Balaban J connectivity index is 2.10. The molecule has 5 nitrogen and oxygen atoms in total. The van der Waals surface area contributed by atoms with Crippen molar-refractivity contribution in [2.45, 2.75) is 20.4 Å². The highest BCUT2D eigenvalue weighted by molar-refractivity contribution is 6.30. The number of hydrogen-bond acceptors (Lipinski definition) is 3. The summed E-state index contributed by atoms with van der Waals surface area (Å²) in [6.45, 7) is 3.48. The molecule has 1 aromatic heterocycles. The van der Waals surface area contributed by atoms with Crippen molar-refractivity contribution in [3.05, 3.63) is 57.0 Å².